The first-order chi connectivity index (χ1) is 12.6. The first-order valence-corrected chi connectivity index (χ1v) is 8.40. The van der Waals surface area contributed by atoms with Crippen molar-refractivity contribution in [3.63, 3.8) is 0 Å². The number of halogens is 1. The van der Waals surface area contributed by atoms with Gasteiger partial charge in [0, 0.05) is 29.6 Å². The second-order valence-corrected chi connectivity index (χ2v) is 6.39. The van der Waals surface area contributed by atoms with Gasteiger partial charge in [0.05, 0.1) is 5.92 Å². The Kier molecular flexibility index (Phi) is 4.00. The van der Waals surface area contributed by atoms with Gasteiger partial charge in [0.25, 0.3) is 5.91 Å². The lowest BCUT2D eigenvalue weighted by Crippen LogP contribution is -2.26. The number of rotatable bonds is 3. The summed E-state index contributed by atoms with van der Waals surface area (Å²) in [5, 5.41) is 12.6. The van der Waals surface area contributed by atoms with Crippen LogP contribution in [0.4, 0.5) is 5.82 Å². The minimum absolute atomic E-state index is 0.166. The van der Waals surface area contributed by atoms with Crippen molar-refractivity contribution in [1.29, 1.82) is 0 Å². The molecular weight excluding hydrogens is 356 g/mol. The lowest BCUT2D eigenvalue weighted by molar-refractivity contribution is -0.116. The molecule has 0 unspecified atom stereocenters. The van der Waals surface area contributed by atoms with Gasteiger partial charge in [-0.2, -0.15) is 5.10 Å². The SMILES string of the molecule is CNC(=O)c1[nH]nc2c1[C@@H](c1ccc(-c3cccc(Cl)c3)o1)CC(=O)N2. The number of anilines is 1. The smallest absolute Gasteiger partial charge is 0.269 e. The minimum atomic E-state index is -0.405. The Labute approximate surface area is 153 Å². The molecule has 8 heteroatoms. The van der Waals surface area contributed by atoms with E-state index in [1.807, 2.05) is 24.3 Å². The molecule has 0 saturated carbocycles. The fourth-order valence-electron chi connectivity index (χ4n) is 3.13. The van der Waals surface area contributed by atoms with E-state index in [-0.39, 0.29) is 18.2 Å². The molecule has 0 saturated heterocycles. The van der Waals surface area contributed by atoms with Gasteiger partial charge in [-0.15, -0.1) is 0 Å². The van der Waals surface area contributed by atoms with Gasteiger partial charge in [0.2, 0.25) is 5.91 Å². The van der Waals surface area contributed by atoms with E-state index in [0.717, 1.165) is 5.56 Å². The largest absolute Gasteiger partial charge is 0.460 e. The standard InChI is InChI=1S/C18H15ClN4O3/c1-20-18(25)16-15-11(8-14(24)21-17(15)23-22-16)13-6-5-12(26-13)9-3-2-4-10(19)7-9/h2-7,11H,8H2,1H3,(H,20,25)(H2,21,22,23,24)/t11-/m1/s1. The van der Waals surface area contributed by atoms with E-state index in [1.54, 1.807) is 12.1 Å². The van der Waals surface area contributed by atoms with Gasteiger partial charge in [-0.1, -0.05) is 23.7 Å². The molecule has 2 amide bonds. The van der Waals surface area contributed by atoms with Crippen LogP contribution in [0.2, 0.25) is 5.02 Å². The summed E-state index contributed by atoms with van der Waals surface area (Å²) in [6.45, 7) is 0. The molecule has 7 nitrogen and oxygen atoms in total. The molecule has 3 N–H and O–H groups in total. The molecule has 0 bridgehead atoms. The van der Waals surface area contributed by atoms with Crippen LogP contribution in [0.15, 0.2) is 40.8 Å². The second kappa shape index (κ2) is 6.34. The number of hydrogen-bond acceptors (Lipinski definition) is 4. The number of carbonyl (C=O) groups excluding carboxylic acids is 2. The summed E-state index contributed by atoms with van der Waals surface area (Å²) in [4.78, 5) is 24.2. The summed E-state index contributed by atoms with van der Waals surface area (Å²) in [6, 6.07) is 11.0. The minimum Gasteiger partial charge on any atom is -0.460 e. The summed E-state index contributed by atoms with van der Waals surface area (Å²) >= 11 is 6.04. The number of furan rings is 1. The fourth-order valence-corrected chi connectivity index (χ4v) is 3.32. The van der Waals surface area contributed by atoms with Gasteiger partial charge in [0.15, 0.2) is 5.82 Å². The first kappa shape index (κ1) is 16.4. The van der Waals surface area contributed by atoms with Crippen LogP contribution in [0.3, 0.4) is 0 Å². The van der Waals surface area contributed by atoms with E-state index in [0.29, 0.717) is 33.6 Å². The molecule has 0 fully saturated rings. The number of fused-ring (bicyclic) bond motifs is 1. The second-order valence-electron chi connectivity index (χ2n) is 5.96. The zero-order chi connectivity index (χ0) is 18.3. The van der Waals surface area contributed by atoms with Crippen molar-refractivity contribution in [2.75, 3.05) is 12.4 Å². The number of benzene rings is 1. The average molecular weight is 371 g/mol. The Hall–Kier alpha value is -3.06. The van der Waals surface area contributed by atoms with Crippen LogP contribution in [0.5, 0.6) is 0 Å². The summed E-state index contributed by atoms with van der Waals surface area (Å²) in [6.07, 6.45) is 0.166. The normalized spacial score (nSPS) is 16.1. The molecule has 132 valence electrons. The van der Waals surface area contributed by atoms with Gasteiger partial charge in [-0.25, -0.2) is 0 Å². The van der Waals surface area contributed by atoms with Gasteiger partial charge in [0.1, 0.15) is 17.2 Å². The molecule has 4 rings (SSSR count). The summed E-state index contributed by atoms with van der Waals surface area (Å²) in [5.41, 5.74) is 1.77. The maximum Gasteiger partial charge on any atom is 0.269 e. The van der Waals surface area contributed by atoms with Crippen molar-refractivity contribution in [1.82, 2.24) is 15.5 Å². The molecule has 1 atom stereocenters. The van der Waals surface area contributed by atoms with Crippen LogP contribution in [0.25, 0.3) is 11.3 Å². The first-order valence-electron chi connectivity index (χ1n) is 8.02. The number of H-pyrrole nitrogens is 1. The third-order valence-corrected chi connectivity index (χ3v) is 4.57. The number of hydrogen-bond donors (Lipinski definition) is 3. The Morgan fingerprint density at radius 1 is 1.35 bits per heavy atom. The topological polar surface area (TPSA) is 100 Å². The molecule has 1 aliphatic heterocycles. The van der Waals surface area contributed by atoms with Crippen LogP contribution >= 0.6 is 11.6 Å². The molecular formula is C18H15ClN4O3. The number of aromatic amines is 1. The highest BCUT2D eigenvalue weighted by Gasteiger charge is 2.35. The van der Waals surface area contributed by atoms with E-state index in [2.05, 4.69) is 20.8 Å². The molecule has 0 spiro atoms. The van der Waals surface area contributed by atoms with Crippen molar-refractivity contribution in [2.45, 2.75) is 12.3 Å². The highest BCUT2D eigenvalue weighted by Crippen LogP contribution is 2.40. The average Bonchev–Trinajstić information content (AvgIpc) is 3.27. The van der Waals surface area contributed by atoms with Gasteiger partial charge in [-0.05, 0) is 24.3 Å². The van der Waals surface area contributed by atoms with Gasteiger partial charge >= 0.3 is 0 Å². The molecule has 26 heavy (non-hydrogen) atoms. The monoisotopic (exact) mass is 370 g/mol. The number of nitrogens with zero attached hydrogens (tertiary/aromatic N) is 1. The molecule has 3 aromatic rings. The van der Waals surface area contributed by atoms with Crippen LogP contribution in [-0.2, 0) is 4.79 Å². The summed E-state index contributed by atoms with van der Waals surface area (Å²) in [7, 11) is 1.54. The highest BCUT2D eigenvalue weighted by atomic mass is 35.5. The zero-order valence-electron chi connectivity index (χ0n) is 13.8. The Morgan fingerprint density at radius 2 is 2.19 bits per heavy atom. The molecule has 3 heterocycles. The maximum absolute atomic E-state index is 12.1. The third kappa shape index (κ3) is 2.76. The predicted molar refractivity (Wildman–Crippen MR) is 96.2 cm³/mol. The number of nitrogens with one attached hydrogen (secondary N) is 3. The lowest BCUT2D eigenvalue weighted by Gasteiger charge is -2.21. The molecule has 2 aromatic heterocycles. The van der Waals surface area contributed by atoms with Crippen molar-refractivity contribution >= 4 is 29.2 Å². The van der Waals surface area contributed by atoms with Crippen molar-refractivity contribution in [3.8, 4) is 11.3 Å². The van der Waals surface area contributed by atoms with Crippen LogP contribution in [0, 0.1) is 0 Å². The van der Waals surface area contributed by atoms with E-state index in [1.165, 1.54) is 7.05 Å². The molecule has 0 aliphatic carbocycles. The van der Waals surface area contributed by atoms with Crippen LogP contribution in [-0.4, -0.2) is 29.1 Å². The van der Waals surface area contributed by atoms with Gasteiger partial charge < -0.3 is 15.1 Å². The summed E-state index contributed by atoms with van der Waals surface area (Å²) in [5.74, 6) is 0.686. The summed E-state index contributed by atoms with van der Waals surface area (Å²) < 4.78 is 6.00. The van der Waals surface area contributed by atoms with E-state index in [4.69, 9.17) is 16.0 Å². The molecule has 1 aromatic carbocycles. The Morgan fingerprint density at radius 3 is 2.96 bits per heavy atom. The van der Waals surface area contributed by atoms with Crippen molar-refractivity contribution in [2.24, 2.45) is 0 Å². The van der Waals surface area contributed by atoms with Crippen LogP contribution < -0.4 is 10.6 Å². The fraction of sp³-hybridized carbons (Fsp3) is 0.167. The van der Waals surface area contributed by atoms with Gasteiger partial charge in [-0.3, -0.25) is 14.7 Å². The van der Waals surface area contributed by atoms with E-state index < -0.39 is 5.92 Å². The Bertz CT molecular complexity index is 1010. The van der Waals surface area contributed by atoms with Crippen molar-refractivity contribution in [3.05, 3.63) is 58.4 Å². The third-order valence-electron chi connectivity index (χ3n) is 4.33. The number of carbonyl (C=O) groups is 2. The Balaban J connectivity index is 1.77. The quantitative estimate of drug-likeness (QED) is 0.659. The van der Waals surface area contributed by atoms with Crippen LogP contribution in [0.1, 0.15) is 34.2 Å². The molecule has 0 radical (unpaired) electrons. The molecule has 1 aliphatic rings. The van der Waals surface area contributed by atoms with Crippen molar-refractivity contribution < 1.29 is 14.0 Å². The number of aromatic nitrogens is 2. The predicted octanol–water partition coefficient (Wildman–Crippen LogP) is 3.16. The van der Waals surface area contributed by atoms with E-state index in [9.17, 15) is 9.59 Å². The maximum atomic E-state index is 12.1. The zero-order valence-corrected chi connectivity index (χ0v) is 14.6. The van der Waals surface area contributed by atoms with E-state index >= 15 is 0 Å². The highest BCUT2D eigenvalue weighted by molar-refractivity contribution is 6.30. The lowest BCUT2D eigenvalue weighted by atomic mass is 9.89. The number of amides is 2.